The fraction of sp³-hybridized carbons (Fsp3) is 0.667. The van der Waals surface area contributed by atoms with E-state index >= 15 is 0 Å². The second-order valence-electron chi connectivity index (χ2n) is 1.52. The van der Waals surface area contributed by atoms with Gasteiger partial charge >= 0.3 is 6.09 Å². The van der Waals surface area contributed by atoms with E-state index < -0.39 is 6.09 Å². The molecule has 0 fully saturated rings. The van der Waals surface area contributed by atoms with Gasteiger partial charge in [0.15, 0.2) is 0 Å². The van der Waals surface area contributed by atoms with Crippen molar-refractivity contribution in [3.63, 3.8) is 0 Å². The summed E-state index contributed by atoms with van der Waals surface area (Å²) in [7, 11) is 0. The Bertz CT molecular complexity index is 85.1. The van der Waals surface area contributed by atoms with E-state index in [4.69, 9.17) is 4.79 Å². The first-order chi connectivity index (χ1) is 4.77. The number of ether oxygens (including phenoxy) is 1. The first kappa shape index (κ1) is 11.7. The molecule has 0 spiro atoms. The van der Waals surface area contributed by atoms with Gasteiger partial charge in [-0.1, -0.05) is 13.3 Å². The highest BCUT2D eigenvalue weighted by atomic mass is 16.5. The van der Waals surface area contributed by atoms with Gasteiger partial charge in [0.2, 0.25) is 0 Å². The SMILES string of the molecule is C=O.CCCCOC(N)=O. The van der Waals surface area contributed by atoms with E-state index in [-0.39, 0.29) is 0 Å². The fourth-order valence-electron chi connectivity index (χ4n) is 0.317. The summed E-state index contributed by atoms with van der Waals surface area (Å²) in [6, 6.07) is 0. The Morgan fingerprint density at radius 3 is 2.40 bits per heavy atom. The normalized spacial score (nSPS) is 7.30. The molecule has 0 aliphatic rings. The molecule has 0 aromatic rings. The van der Waals surface area contributed by atoms with Crippen LogP contribution in [0.1, 0.15) is 19.8 Å². The van der Waals surface area contributed by atoms with E-state index in [1.54, 1.807) is 0 Å². The van der Waals surface area contributed by atoms with Crippen molar-refractivity contribution < 1.29 is 14.3 Å². The van der Waals surface area contributed by atoms with Crippen LogP contribution in [0.25, 0.3) is 0 Å². The number of nitrogens with two attached hydrogens (primary N) is 1. The molecule has 0 saturated carbocycles. The van der Waals surface area contributed by atoms with Crippen molar-refractivity contribution in [3.8, 4) is 0 Å². The highest BCUT2D eigenvalue weighted by Crippen LogP contribution is 1.85. The summed E-state index contributed by atoms with van der Waals surface area (Å²) >= 11 is 0. The van der Waals surface area contributed by atoms with E-state index in [2.05, 4.69) is 10.5 Å². The highest BCUT2D eigenvalue weighted by Gasteiger charge is 1.88. The van der Waals surface area contributed by atoms with E-state index in [0.717, 1.165) is 12.8 Å². The minimum absolute atomic E-state index is 0.450. The van der Waals surface area contributed by atoms with Crippen LogP contribution in [-0.2, 0) is 9.53 Å². The molecule has 2 N–H and O–H groups in total. The third-order valence-electron chi connectivity index (χ3n) is 0.742. The average molecular weight is 147 g/mol. The summed E-state index contributed by atoms with van der Waals surface area (Å²) in [6.45, 7) is 4.47. The van der Waals surface area contributed by atoms with Gasteiger partial charge in [0.05, 0.1) is 6.61 Å². The van der Waals surface area contributed by atoms with Crippen molar-refractivity contribution >= 4 is 12.9 Å². The number of hydrogen-bond acceptors (Lipinski definition) is 3. The van der Waals surface area contributed by atoms with Crippen LogP contribution in [0.4, 0.5) is 4.79 Å². The van der Waals surface area contributed by atoms with Crippen LogP contribution in [-0.4, -0.2) is 19.5 Å². The van der Waals surface area contributed by atoms with Crippen LogP contribution < -0.4 is 5.73 Å². The van der Waals surface area contributed by atoms with Crippen LogP contribution in [0.15, 0.2) is 0 Å². The molecular formula is C6H13NO3. The summed E-state index contributed by atoms with van der Waals surface area (Å²) in [5, 5.41) is 0. The van der Waals surface area contributed by atoms with E-state index in [1.807, 2.05) is 13.7 Å². The van der Waals surface area contributed by atoms with Crippen molar-refractivity contribution in [2.24, 2.45) is 5.73 Å². The van der Waals surface area contributed by atoms with Gasteiger partial charge in [-0.2, -0.15) is 0 Å². The fourth-order valence-corrected chi connectivity index (χ4v) is 0.317. The molecular weight excluding hydrogens is 134 g/mol. The van der Waals surface area contributed by atoms with Crippen LogP contribution in [0.2, 0.25) is 0 Å². The number of hydrogen-bond donors (Lipinski definition) is 1. The molecule has 1 amide bonds. The molecule has 60 valence electrons. The molecule has 0 aromatic carbocycles. The van der Waals surface area contributed by atoms with Gasteiger partial charge in [0.25, 0.3) is 0 Å². The zero-order valence-electron chi connectivity index (χ0n) is 6.13. The number of carbonyl (C=O) groups excluding carboxylic acids is 2. The van der Waals surface area contributed by atoms with Crippen LogP contribution >= 0.6 is 0 Å². The average Bonchev–Trinajstić information content (AvgIpc) is 1.92. The molecule has 0 radical (unpaired) electrons. The van der Waals surface area contributed by atoms with E-state index in [1.165, 1.54) is 0 Å². The topological polar surface area (TPSA) is 69.4 Å². The third-order valence-corrected chi connectivity index (χ3v) is 0.742. The van der Waals surface area contributed by atoms with Gasteiger partial charge in [-0.25, -0.2) is 4.79 Å². The van der Waals surface area contributed by atoms with Gasteiger partial charge in [-0.05, 0) is 6.42 Å². The van der Waals surface area contributed by atoms with E-state index in [0.29, 0.717) is 6.61 Å². The number of unbranched alkanes of at least 4 members (excludes halogenated alkanes) is 1. The molecule has 0 aliphatic carbocycles. The Morgan fingerprint density at radius 2 is 2.10 bits per heavy atom. The molecule has 4 heteroatoms. The molecule has 0 aliphatic heterocycles. The summed E-state index contributed by atoms with van der Waals surface area (Å²) in [5.41, 5.74) is 4.67. The molecule has 0 atom stereocenters. The van der Waals surface area contributed by atoms with Crippen LogP contribution in [0, 0.1) is 0 Å². The lowest BCUT2D eigenvalue weighted by Crippen LogP contribution is -2.13. The molecule has 0 heterocycles. The molecule has 0 rings (SSSR count). The number of carbonyl (C=O) groups is 2. The zero-order chi connectivity index (χ0) is 8.41. The molecule has 0 aromatic heterocycles. The monoisotopic (exact) mass is 147 g/mol. The Hall–Kier alpha value is -1.06. The summed E-state index contributed by atoms with van der Waals surface area (Å²) in [6.07, 6.45) is 1.23. The lowest BCUT2D eigenvalue weighted by atomic mass is 10.4. The minimum atomic E-state index is -0.682. The van der Waals surface area contributed by atoms with Gasteiger partial charge in [-0.15, -0.1) is 0 Å². The first-order valence-corrected chi connectivity index (χ1v) is 2.98. The molecule has 4 nitrogen and oxygen atoms in total. The first-order valence-electron chi connectivity index (χ1n) is 2.98. The van der Waals surface area contributed by atoms with Crippen molar-refractivity contribution in [2.75, 3.05) is 6.61 Å². The van der Waals surface area contributed by atoms with Gasteiger partial charge in [0, 0.05) is 0 Å². The van der Waals surface area contributed by atoms with Gasteiger partial charge in [-0.3, -0.25) is 0 Å². The predicted octanol–water partition coefficient (Wildman–Crippen LogP) is 0.697. The second kappa shape index (κ2) is 10.8. The van der Waals surface area contributed by atoms with Crippen molar-refractivity contribution in [1.29, 1.82) is 0 Å². The van der Waals surface area contributed by atoms with Crippen molar-refractivity contribution in [2.45, 2.75) is 19.8 Å². The minimum Gasteiger partial charge on any atom is -0.450 e. The Balaban J connectivity index is 0. The summed E-state index contributed by atoms with van der Waals surface area (Å²) in [4.78, 5) is 17.9. The molecule has 0 unspecified atom stereocenters. The smallest absolute Gasteiger partial charge is 0.404 e. The maximum atomic E-state index is 9.87. The lowest BCUT2D eigenvalue weighted by Gasteiger charge is -1.95. The van der Waals surface area contributed by atoms with E-state index in [9.17, 15) is 4.79 Å². The predicted molar refractivity (Wildman–Crippen MR) is 37.6 cm³/mol. The van der Waals surface area contributed by atoms with Crippen molar-refractivity contribution in [3.05, 3.63) is 0 Å². The Kier molecular flexibility index (Phi) is 12.7. The number of amides is 1. The Labute approximate surface area is 60.3 Å². The van der Waals surface area contributed by atoms with Crippen molar-refractivity contribution in [1.82, 2.24) is 0 Å². The summed E-state index contributed by atoms with van der Waals surface area (Å²) in [5.74, 6) is 0. The maximum absolute atomic E-state index is 9.87. The van der Waals surface area contributed by atoms with Crippen LogP contribution in [0.3, 0.4) is 0 Å². The number of primary amides is 1. The molecule has 10 heavy (non-hydrogen) atoms. The second-order valence-corrected chi connectivity index (χ2v) is 1.52. The quantitative estimate of drug-likeness (QED) is 0.597. The third kappa shape index (κ3) is 15.8. The molecule has 0 saturated heterocycles. The summed E-state index contributed by atoms with van der Waals surface area (Å²) < 4.78 is 4.42. The Morgan fingerprint density at radius 1 is 1.60 bits per heavy atom. The zero-order valence-corrected chi connectivity index (χ0v) is 6.13. The lowest BCUT2D eigenvalue weighted by molar-refractivity contribution is -0.0979. The molecule has 0 bridgehead atoms. The largest absolute Gasteiger partial charge is 0.450 e. The van der Waals surface area contributed by atoms with Crippen LogP contribution in [0.5, 0.6) is 0 Å². The highest BCUT2D eigenvalue weighted by molar-refractivity contribution is 5.64. The number of rotatable bonds is 3. The van der Waals surface area contributed by atoms with Gasteiger partial charge in [0.1, 0.15) is 6.79 Å². The standard InChI is InChI=1S/C5H11NO2.CH2O/c1-2-3-4-8-5(6)7;1-2/h2-4H2,1H3,(H2,6,7);1H2. The van der Waals surface area contributed by atoms with Gasteiger partial charge < -0.3 is 15.3 Å². The maximum Gasteiger partial charge on any atom is 0.404 e.